The summed E-state index contributed by atoms with van der Waals surface area (Å²) < 4.78 is 10.8. The number of fused-ring (bicyclic) bond motifs is 1. The molecule has 16 nitrogen and oxygen atoms in total. The minimum atomic E-state index is -3.12. The average Bonchev–Trinajstić information content (AvgIpc) is 3.94. The molecule has 3 aliphatic heterocycles. The maximum atomic E-state index is 14.3. The minimum Gasteiger partial charge on any atom is -0.508 e. The van der Waals surface area contributed by atoms with E-state index in [1.807, 2.05) is 0 Å². The van der Waals surface area contributed by atoms with Gasteiger partial charge < -0.3 is 55.4 Å². The Labute approximate surface area is 320 Å². The normalized spacial score (nSPS) is 28.1. The first-order chi connectivity index (χ1) is 26.7. The highest BCUT2D eigenvalue weighted by molar-refractivity contribution is 6.32. The molecule has 0 radical (unpaired) electrons. The van der Waals surface area contributed by atoms with Crippen LogP contribution >= 0.6 is 0 Å². The van der Waals surface area contributed by atoms with Crippen molar-refractivity contribution in [3.05, 3.63) is 82.9 Å². The van der Waals surface area contributed by atoms with Gasteiger partial charge in [0.15, 0.2) is 17.6 Å². The summed E-state index contributed by atoms with van der Waals surface area (Å²) in [5, 5.41) is 95.8. The van der Waals surface area contributed by atoms with E-state index in [2.05, 4.69) is 9.98 Å². The molecule has 7 rings (SSSR count). The topological polar surface area (TPSA) is 263 Å². The summed E-state index contributed by atoms with van der Waals surface area (Å²) >= 11 is 0. The molecule has 3 aromatic carbocycles. The van der Waals surface area contributed by atoms with Gasteiger partial charge in [-0.15, -0.1) is 0 Å². The van der Waals surface area contributed by atoms with Crippen LogP contribution in [0, 0.1) is 0 Å². The van der Waals surface area contributed by atoms with Gasteiger partial charge in [0.2, 0.25) is 0 Å². The van der Waals surface area contributed by atoms with Crippen molar-refractivity contribution in [2.24, 2.45) is 9.98 Å². The summed E-state index contributed by atoms with van der Waals surface area (Å²) in [4.78, 5) is 37.0. The molecule has 3 aromatic rings. The van der Waals surface area contributed by atoms with Crippen LogP contribution in [0.25, 0.3) is 6.08 Å². The number of amides is 1. The summed E-state index contributed by atoms with van der Waals surface area (Å²) in [6, 6.07) is 12.3. The molecule has 7 atom stereocenters. The van der Waals surface area contributed by atoms with Crippen molar-refractivity contribution in [3.8, 4) is 23.0 Å². The van der Waals surface area contributed by atoms with E-state index in [9.17, 15) is 55.5 Å². The lowest BCUT2D eigenvalue weighted by molar-refractivity contribution is -0.422. The Morgan fingerprint density at radius 2 is 1.71 bits per heavy atom. The number of phenolic OH excluding ortho intramolecular Hbond substituents is 3. The number of aromatic hydroxyl groups is 3. The SMILES string of the molecule is O=C(O)C1C(CC2(c3ccccc3O)CCCC2)c2cc(O)c(OC3(O)OC(CO)C(O)C(O)C3O)cc2N1C(=O)C=Cc1ccc(O)c(CC2=NCN=C2)c1. The zero-order valence-electron chi connectivity index (χ0n) is 30.0. The Morgan fingerprint density at radius 3 is 2.39 bits per heavy atom. The van der Waals surface area contributed by atoms with E-state index < -0.39 is 77.7 Å². The monoisotopic (exact) mass is 773 g/mol. The molecule has 296 valence electrons. The first-order valence-electron chi connectivity index (χ1n) is 18.2. The lowest BCUT2D eigenvalue weighted by Gasteiger charge is -2.44. The number of anilines is 1. The van der Waals surface area contributed by atoms with E-state index in [4.69, 9.17) is 9.47 Å². The van der Waals surface area contributed by atoms with Crippen molar-refractivity contribution in [2.75, 3.05) is 18.2 Å². The largest absolute Gasteiger partial charge is 0.508 e. The van der Waals surface area contributed by atoms with Crippen molar-refractivity contribution in [1.82, 2.24) is 0 Å². The zero-order chi connectivity index (χ0) is 39.9. The number of aliphatic imine (C=N–C) groups is 2. The molecule has 56 heavy (non-hydrogen) atoms. The second-order valence-corrected chi connectivity index (χ2v) is 14.7. The lowest BCUT2D eigenvalue weighted by atomic mass is 9.69. The number of benzene rings is 3. The van der Waals surface area contributed by atoms with Crippen LogP contribution in [0.5, 0.6) is 23.0 Å². The molecule has 0 spiro atoms. The summed E-state index contributed by atoms with van der Waals surface area (Å²) in [6.07, 6.45) is -0.262. The van der Waals surface area contributed by atoms with Gasteiger partial charge in [-0.3, -0.25) is 19.7 Å². The summed E-state index contributed by atoms with van der Waals surface area (Å²) in [5.41, 5.74) is 1.87. The summed E-state index contributed by atoms with van der Waals surface area (Å²) in [6.45, 7) is -0.597. The fraction of sp³-hybridized carbons (Fsp3) is 0.400. The quantitative estimate of drug-likeness (QED) is 0.0997. The van der Waals surface area contributed by atoms with Gasteiger partial charge in [0.05, 0.1) is 18.0 Å². The van der Waals surface area contributed by atoms with Crippen LogP contribution in [-0.2, 0) is 26.2 Å². The second-order valence-electron chi connectivity index (χ2n) is 14.7. The molecule has 4 aliphatic rings. The number of rotatable bonds is 11. The van der Waals surface area contributed by atoms with Crippen LogP contribution in [0.1, 0.15) is 60.3 Å². The number of aliphatic hydroxyl groups is 5. The Kier molecular flexibility index (Phi) is 10.6. The van der Waals surface area contributed by atoms with E-state index in [0.717, 1.165) is 23.8 Å². The van der Waals surface area contributed by atoms with Crippen molar-refractivity contribution in [3.63, 3.8) is 0 Å². The van der Waals surface area contributed by atoms with Gasteiger partial charge in [-0.1, -0.05) is 37.1 Å². The third kappa shape index (κ3) is 7.11. The van der Waals surface area contributed by atoms with Crippen molar-refractivity contribution >= 4 is 35.6 Å². The van der Waals surface area contributed by atoms with Crippen LogP contribution in [0.4, 0.5) is 5.69 Å². The molecule has 9 N–H and O–H groups in total. The van der Waals surface area contributed by atoms with Gasteiger partial charge in [0.25, 0.3) is 5.91 Å². The van der Waals surface area contributed by atoms with Gasteiger partial charge in [-0.05, 0) is 66.1 Å². The van der Waals surface area contributed by atoms with Crippen LogP contribution in [-0.4, -0.2) is 119 Å². The van der Waals surface area contributed by atoms with Gasteiger partial charge in [0.1, 0.15) is 42.5 Å². The second kappa shape index (κ2) is 15.3. The number of para-hydroxylation sites is 1. The Hall–Kier alpha value is -5.36. The molecule has 3 heterocycles. The van der Waals surface area contributed by atoms with Crippen LogP contribution in [0.3, 0.4) is 0 Å². The van der Waals surface area contributed by atoms with Crippen LogP contribution in [0.15, 0.2) is 70.7 Å². The summed E-state index contributed by atoms with van der Waals surface area (Å²) in [5.74, 6) is -7.38. The smallest absolute Gasteiger partial charge is 0.355 e. The number of hydrogen-bond acceptors (Lipinski definition) is 14. The molecule has 16 heteroatoms. The molecule has 1 saturated heterocycles. The van der Waals surface area contributed by atoms with Gasteiger partial charge >= 0.3 is 11.9 Å². The lowest BCUT2D eigenvalue weighted by Crippen LogP contribution is -2.67. The van der Waals surface area contributed by atoms with Crippen LogP contribution < -0.4 is 9.64 Å². The zero-order valence-corrected chi connectivity index (χ0v) is 30.0. The molecular formula is C40H43N3O13. The number of carbonyl (C=O) groups is 2. The number of nitrogens with zero attached hydrogens (tertiary/aromatic N) is 3. The first-order valence-corrected chi connectivity index (χ1v) is 18.2. The highest BCUT2D eigenvalue weighted by atomic mass is 16.8. The van der Waals surface area contributed by atoms with E-state index >= 15 is 0 Å². The molecule has 7 unspecified atom stereocenters. The Morgan fingerprint density at radius 1 is 0.964 bits per heavy atom. The number of aliphatic hydroxyl groups excluding tert-OH is 4. The van der Waals surface area contributed by atoms with Gasteiger partial charge in [-0.25, -0.2) is 4.79 Å². The highest BCUT2D eigenvalue weighted by Gasteiger charge is 2.56. The number of hydrogen-bond donors (Lipinski definition) is 9. The van der Waals surface area contributed by atoms with Crippen molar-refractivity contribution < 1.29 is 65.0 Å². The average molecular weight is 774 g/mol. The van der Waals surface area contributed by atoms with E-state index in [-0.39, 0.29) is 35.6 Å². The van der Waals surface area contributed by atoms with E-state index in [0.29, 0.717) is 41.9 Å². The molecular weight excluding hydrogens is 730 g/mol. The fourth-order valence-corrected chi connectivity index (χ4v) is 8.48. The number of carboxylic acid groups (broad SMARTS) is 1. The first kappa shape index (κ1) is 38.9. The predicted octanol–water partition coefficient (Wildman–Crippen LogP) is 1.83. The third-order valence-electron chi connectivity index (χ3n) is 11.2. The maximum Gasteiger partial charge on any atom is 0.355 e. The fourth-order valence-electron chi connectivity index (χ4n) is 8.48. The number of carboxylic acids is 1. The molecule has 1 amide bonds. The van der Waals surface area contributed by atoms with E-state index in [1.54, 1.807) is 42.6 Å². The number of phenols is 3. The Bertz CT molecular complexity index is 2090. The minimum absolute atomic E-state index is 0.0115. The molecule has 0 aromatic heterocycles. The van der Waals surface area contributed by atoms with Crippen molar-refractivity contribution in [2.45, 2.75) is 86.3 Å². The van der Waals surface area contributed by atoms with Crippen molar-refractivity contribution in [1.29, 1.82) is 0 Å². The van der Waals surface area contributed by atoms with E-state index in [1.165, 1.54) is 24.3 Å². The van der Waals surface area contributed by atoms with Crippen LogP contribution in [0.2, 0.25) is 0 Å². The standard InChI is InChI=1S/C40H43N3O13/c44-19-32-35(49)36(50)37(51)40(54,56-32)55-31-16-27-24(15-30(31)47)25(17-39(11-3-4-12-39)26-5-1-2-6-29(26)46)34(38(52)53)43(27)33(48)10-8-21-7-9-28(45)22(13-21)14-23-18-41-20-42-23/h1-2,5-10,13,15-16,18,25,32,34-37,44-47,49-51,54H,3-4,11-12,14,17,19-20H2,(H,52,53). The molecule has 1 saturated carbocycles. The Balaban J connectivity index is 1.30. The van der Waals surface area contributed by atoms with Gasteiger partial charge in [-0.2, -0.15) is 0 Å². The third-order valence-corrected chi connectivity index (χ3v) is 11.2. The predicted molar refractivity (Wildman–Crippen MR) is 200 cm³/mol. The highest BCUT2D eigenvalue weighted by Crippen LogP contribution is 2.56. The summed E-state index contributed by atoms with van der Waals surface area (Å²) in [7, 11) is 0. The van der Waals surface area contributed by atoms with Gasteiger partial charge in [0, 0.05) is 41.8 Å². The number of carbonyl (C=O) groups excluding carboxylic acids is 1. The number of ether oxygens (including phenoxy) is 2. The maximum absolute atomic E-state index is 14.3. The molecule has 1 aliphatic carbocycles. The molecule has 0 bridgehead atoms. The molecule has 2 fully saturated rings. The number of aliphatic carboxylic acids is 1.